The van der Waals surface area contributed by atoms with E-state index in [1.807, 2.05) is 6.92 Å². The van der Waals surface area contributed by atoms with Crippen LogP contribution in [0.3, 0.4) is 0 Å². The molecule has 2 atom stereocenters. The number of halogens is 1. The molecule has 2 aliphatic heterocycles. The van der Waals surface area contributed by atoms with E-state index in [1.165, 1.54) is 10.5 Å². The number of aliphatic hydroxyl groups is 1. The summed E-state index contributed by atoms with van der Waals surface area (Å²) in [7, 11) is -3.66. The monoisotopic (exact) mass is 451 g/mol. The smallest absolute Gasteiger partial charge is 0.243 e. The molecule has 0 radical (unpaired) electrons. The van der Waals surface area contributed by atoms with Crippen LogP contribution in [0.5, 0.6) is 0 Å². The van der Waals surface area contributed by atoms with Gasteiger partial charge in [0.15, 0.2) is 0 Å². The Bertz CT molecular complexity index is 998. The molecular weight excluding hydrogens is 426 g/mol. The highest BCUT2D eigenvalue weighted by atomic mass is 35.5. The molecule has 2 unspecified atom stereocenters. The number of sulfonamides is 1. The van der Waals surface area contributed by atoms with Gasteiger partial charge in [0.1, 0.15) is 10.9 Å². The zero-order chi connectivity index (χ0) is 21.4. The van der Waals surface area contributed by atoms with Gasteiger partial charge in [-0.3, -0.25) is 4.90 Å². The first-order chi connectivity index (χ1) is 14.3. The summed E-state index contributed by atoms with van der Waals surface area (Å²) in [6, 6.07) is 7.77. The Labute approximate surface area is 181 Å². The largest absolute Gasteiger partial charge is 0.376 e. The van der Waals surface area contributed by atoms with Crippen molar-refractivity contribution in [2.75, 3.05) is 25.0 Å². The fourth-order valence-electron chi connectivity index (χ4n) is 4.34. The summed E-state index contributed by atoms with van der Waals surface area (Å²) in [4.78, 5) is 10.5. The number of anilines is 2. The van der Waals surface area contributed by atoms with Crippen LogP contribution in [0.2, 0.25) is 5.15 Å². The van der Waals surface area contributed by atoms with Gasteiger partial charge in [-0.15, -0.1) is 0 Å². The fraction of sp³-hybridized carbons (Fsp3) is 0.500. The molecule has 0 bridgehead atoms. The summed E-state index contributed by atoms with van der Waals surface area (Å²) in [6.07, 6.45) is 4.54. The lowest BCUT2D eigenvalue weighted by Crippen LogP contribution is -2.58. The van der Waals surface area contributed by atoms with Crippen LogP contribution in [0, 0.1) is 0 Å². The summed E-state index contributed by atoms with van der Waals surface area (Å²) in [5.74, 6) is 0.337. The highest BCUT2D eigenvalue weighted by Gasteiger charge is 2.45. The molecule has 3 heterocycles. The molecule has 0 spiro atoms. The molecule has 0 aliphatic carbocycles. The number of hydrogen-bond acceptors (Lipinski definition) is 7. The van der Waals surface area contributed by atoms with Crippen LogP contribution in [-0.2, 0) is 10.0 Å². The Morgan fingerprint density at radius 3 is 2.50 bits per heavy atom. The van der Waals surface area contributed by atoms with Crippen molar-refractivity contribution in [3.63, 3.8) is 0 Å². The van der Waals surface area contributed by atoms with Crippen molar-refractivity contribution in [3.05, 3.63) is 41.7 Å². The van der Waals surface area contributed by atoms with Gasteiger partial charge in [-0.25, -0.2) is 18.4 Å². The molecule has 30 heavy (non-hydrogen) atoms. The van der Waals surface area contributed by atoms with E-state index in [2.05, 4.69) is 20.2 Å². The van der Waals surface area contributed by atoms with Crippen LogP contribution in [-0.4, -0.2) is 64.1 Å². The first-order valence-electron chi connectivity index (χ1n) is 10.1. The number of aromatic nitrogens is 2. The molecular formula is C20H26ClN5O3S. The Morgan fingerprint density at radius 1 is 1.17 bits per heavy atom. The predicted octanol–water partition coefficient (Wildman–Crippen LogP) is 2.83. The van der Waals surface area contributed by atoms with E-state index in [0.717, 1.165) is 25.9 Å². The maximum atomic E-state index is 13.2. The van der Waals surface area contributed by atoms with Gasteiger partial charge in [-0.1, -0.05) is 11.6 Å². The van der Waals surface area contributed by atoms with E-state index in [9.17, 15) is 13.5 Å². The maximum absolute atomic E-state index is 13.2. The first-order valence-corrected chi connectivity index (χ1v) is 11.9. The maximum Gasteiger partial charge on any atom is 0.243 e. The predicted molar refractivity (Wildman–Crippen MR) is 115 cm³/mol. The number of hydrogen-bond donors (Lipinski definition) is 2. The summed E-state index contributed by atoms with van der Waals surface area (Å²) in [6.45, 7) is 3.92. The molecule has 2 fully saturated rings. The summed E-state index contributed by atoms with van der Waals surface area (Å²) >= 11 is 5.86. The van der Waals surface area contributed by atoms with Crippen molar-refractivity contribution >= 4 is 33.3 Å². The van der Waals surface area contributed by atoms with Gasteiger partial charge in [0.25, 0.3) is 0 Å². The minimum absolute atomic E-state index is 0.221. The standard InChI is InChI=1S/C20H26ClN5O3S/c1-15-14-20(27,25-11-2-3-12-25)9-13-26(15)30(28,29)17-6-4-16(5-7-17)23-19-22-10-8-18(21)24-19/h4-8,10,15,27H,2-3,9,11-14H2,1H3,(H,22,23,24). The highest BCUT2D eigenvalue weighted by Crippen LogP contribution is 2.35. The third kappa shape index (κ3) is 4.31. The second-order valence-corrected chi connectivity index (χ2v) is 10.2. The van der Waals surface area contributed by atoms with Gasteiger partial charge in [-0.05, 0) is 50.1 Å². The van der Waals surface area contributed by atoms with Gasteiger partial charge in [-0.2, -0.15) is 4.31 Å². The van der Waals surface area contributed by atoms with Crippen molar-refractivity contribution in [2.45, 2.75) is 49.3 Å². The Kier molecular flexibility index (Phi) is 6.00. The summed E-state index contributed by atoms with van der Waals surface area (Å²) in [5, 5.41) is 14.4. The van der Waals surface area contributed by atoms with Crippen molar-refractivity contribution in [2.24, 2.45) is 0 Å². The SMILES string of the molecule is CC1CC(O)(N2CCCC2)CCN1S(=O)(=O)c1ccc(Nc2nccc(Cl)n2)cc1. The molecule has 10 heteroatoms. The number of benzene rings is 1. The van der Waals surface area contributed by atoms with Crippen molar-refractivity contribution < 1.29 is 13.5 Å². The molecule has 8 nitrogen and oxygen atoms in total. The lowest BCUT2D eigenvalue weighted by Gasteiger charge is -2.46. The third-order valence-electron chi connectivity index (χ3n) is 5.88. The van der Waals surface area contributed by atoms with Crippen LogP contribution < -0.4 is 5.32 Å². The molecule has 1 aromatic carbocycles. The average Bonchev–Trinajstić information content (AvgIpc) is 3.24. The minimum atomic E-state index is -3.66. The van der Waals surface area contributed by atoms with Gasteiger partial charge >= 0.3 is 0 Å². The second-order valence-electron chi connectivity index (χ2n) is 7.95. The van der Waals surface area contributed by atoms with E-state index in [4.69, 9.17) is 11.6 Å². The van der Waals surface area contributed by atoms with E-state index in [1.54, 1.807) is 30.3 Å². The van der Waals surface area contributed by atoms with E-state index in [-0.39, 0.29) is 10.9 Å². The lowest BCUT2D eigenvalue weighted by molar-refractivity contribution is -0.135. The van der Waals surface area contributed by atoms with Crippen LogP contribution >= 0.6 is 11.6 Å². The number of likely N-dealkylation sites (tertiary alicyclic amines) is 1. The quantitative estimate of drug-likeness (QED) is 0.674. The van der Waals surface area contributed by atoms with E-state index < -0.39 is 15.7 Å². The molecule has 2 saturated heterocycles. The highest BCUT2D eigenvalue weighted by molar-refractivity contribution is 7.89. The van der Waals surface area contributed by atoms with E-state index >= 15 is 0 Å². The number of nitrogens with zero attached hydrogens (tertiary/aromatic N) is 4. The fourth-order valence-corrected chi connectivity index (χ4v) is 6.10. The first kappa shape index (κ1) is 21.5. The van der Waals surface area contributed by atoms with Crippen LogP contribution in [0.1, 0.15) is 32.6 Å². The molecule has 0 saturated carbocycles. The van der Waals surface area contributed by atoms with E-state index in [0.29, 0.717) is 36.2 Å². The molecule has 2 aliphatic rings. The minimum Gasteiger partial charge on any atom is -0.376 e. The topological polar surface area (TPSA) is 98.7 Å². The Balaban J connectivity index is 1.47. The van der Waals surface area contributed by atoms with Crippen LogP contribution in [0.4, 0.5) is 11.6 Å². The average molecular weight is 452 g/mol. The van der Waals surface area contributed by atoms with Crippen LogP contribution in [0.15, 0.2) is 41.4 Å². The molecule has 4 rings (SSSR count). The normalized spacial score (nSPS) is 26.0. The number of rotatable bonds is 5. The van der Waals surface area contributed by atoms with Crippen molar-refractivity contribution in [1.29, 1.82) is 0 Å². The lowest BCUT2D eigenvalue weighted by atomic mass is 9.95. The third-order valence-corrected chi connectivity index (χ3v) is 8.12. The van der Waals surface area contributed by atoms with Gasteiger partial charge in [0.2, 0.25) is 16.0 Å². The van der Waals surface area contributed by atoms with Gasteiger partial charge < -0.3 is 10.4 Å². The van der Waals surface area contributed by atoms with Gasteiger partial charge in [0.05, 0.1) is 4.90 Å². The van der Waals surface area contributed by atoms with Crippen LogP contribution in [0.25, 0.3) is 0 Å². The number of nitrogens with one attached hydrogen (secondary N) is 1. The molecule has 0 amide bonds. The van der Waals surface area contributed by atoms with Gasteiger partial charge in [0, 0.05) is 50.4 Å². The summed E-state index contributed by atoms with van der Waals surface area (Å²) in [5.41, 5.74) is -0.251. The Morgan fingerprint density at radius 2 is 1.87 bits per heavy atom. The molecule has 2 N–H and O–H groups in total. The Hall–Kier alpha value is -1.78. The number of piperidine rings is 1. The summed E-state index contributed by atoms with van der Waals surface area (Å²) < 4.78 is 27.9. The zero-order valence-corrected chi connectivity index (χ0v) is 18.4. The second kappa shape index (κ2) is 8.39. The zero-order valence-electron chi connectivity index (χ0n) is 16.8. The van der Waals surface area contributed by atoms with Crippen molar-refractivity contribution in [3.8, 4) is 0 Å². The molecule has 1 aromatic heterocycles. The van der Waals surface area contributed by atoms with Crippen molar-refractivity contribution in [1.82, 2.24) is 19.2 Å². The molecule has 2 aromatic rings. The molecule has 162 valence electrons.